The summed E-state index contributed by atoms with van der Waals surface area (Å²) in [6, 6.07) is 8.19. The van der Waals surface area contributed by atoms with Gasteiger partial charge in [0, 0.05) is 22.5 Å². The average molecular weight is 224 g/mol. The molecule has 0 spiro atoms. The van der Waals surface area contributed by atoms with Crippen LogP contribution in [-0.2, 0) is 5.88 Å². The highest BCUT2D eigenvalue weighted by atomic mass is 35.5. The molecule has 14 heavy (non-hydrogen) atoms. The average Bonchev–Trinajstić information content (AvgIpc) is 2.65. The molecule has 0 N–H and O–H groups in total. The summed E-state index contributed by atoms with van der Waals surface area (Å²) < 4.78 is 0. The van der Waals surface area contributed by atoms with Crippen molar-refractivity contribution >= 4 is 22.9 Å². The van der Waals surface area contributed by atoms with Crippen LogP contribution in [0, 0.1) is 6.92 Å². The van der Waals surface area contributed by atoms with E-state index in [-0.39, 0.29) is 0 Å². The van der Waals surface area contributed by atoms with Gasteiger partial charge in [0.1, 0.15) is 5.01 Å². The zero-order valence-corrected chi connectivity index (χ0v) is 9.40. The fourth-order valence-electron chi connectivity index (χ4n) is 1.28. The van der Waals surface area contributed by atoms with Crippen molar-refractivity contribution in [2.45, 2.75) is 12.8 Å². The van der Waals surface area contributed by atoms with Crippen molar-refractivity contribution in [3.05, 3.63) is 40.9 Å². The summed E-state index contributed by atoms with van der Waals surface area (Å²) in [5, 5.41) is 1.06. The van der Waals surface area contributed by atoms with Gasteiger partial charge in [0.25, 0.3) is 0 Å². The molecule has 0 radical (unpaired) electrons. The van der Waals surface area contributed by atoms with Crippen LogP contribution in [0.1, 0.15) is 10.4 Å². The van der Waals surface area contributed by atoms with Gasteiger partial charge in [-0.1, -0.05) is 18.2 Å². The summed E-state index contributed by atoms with van der Waals surface area (Å²) >= 11 is 7.48. The maximum absolute atomic E-state index is 5.77. The summed E-state index contributed by atoms with van der Waals surface area (Å²) in [6.07, 6.45) is 1.90. The van der Waals surface area contributed by atoms with Crippen LogP contribution >= 0.6 is 22.9 Å². The van der Waals surface area contributed by atoms with Crippen LogP contribution < -0.4 is 0 Å². The van der Waals surface area contributed by atoms with Gasteiger partial charge in [-0.3, -0.25) is 0 Å². The molecular formula is C11H10ClNS. The third-order valence-corrected chi connectivity index (χ3v) is 3.22. The number of hydrogen-bond donors (Lipinski definition) is 0. The van der Waals surface area contributed by atoms with Crippen molar-refractivity contribution in [1.82, 2.24) is 4.98 Å². The molecule has 0 aliphatic carbocycles. The number of thiazole rings is 1. The minimum Gasteiger partial charge on any atom is -0.244 e. The third-order valence-electron chi connectivity index (χ3n) is 1.95. The topological polar surface area (TPSA) is 12.9 Å². The summed E-state index contributed by atoms with van der Waals surface area (Å²) in [5.74, 6) is 0.554. The molecule has 0 fully saturated rings. The number of aryl methyl sites for hydroxylation is 1. The molecule has 0 saturated carbocycles. The van der Waals surface area contributed by atoms with Gasteiger partial charge in [-0.25, -0.2) is 4.98 Å². The molecule has 1 nitrogen and oxygen atoms in total. The van der Waals surface area contributed by atoms with Crippen LogP contribution in [0.2, 0.25) is 0 Å². The molecule has 2 aromatic rings. The molecule has 0 amide bonds. The second kappa shape index (κ2) is 4.11. The number of halogens is 1. The van der Waals surface area contributed by atoms with Crippen molar-refractivity contribution in [2.24, 2.45) is 0 Å². The molecule has 0 aliphatic rings. The highest BCUT2D eigenvalue weighted by molar-refractivity contribution is 7.14. The first kappa shape index (κ1) is 9.69. The van der Waals surface area contributed by atoms with E-state index in [0.29, 0.717) is 5.88 Å². The first-order chi connectivity index (χ1) is 6.79. The molecule has 0 aliphatic heterocycles. The highest BCUT2D eigenvalue weighted by Gasteiger charge is 2.02. The SMILES string of the molecule is Cc1cnc(-c2cccc(CCl)c2)s1. The van der Waals surface area contributed by atoms with E-state index in [1.54, 1.807) is 11.3 Å². The van der Waals surface area contributed by atoms with Crippen molar-refractivity contribution in [3.8, 4) is 10.6 Å². The summed E-state index contributed by atoms with van der Waals surface area (Å²) in [5.41, 5.74) is 2.29. The number of alkyl halides is 1. The van der Waals surface area contributed by atoms with Crippen LogP contribution in [0.5, 0.6) is 0 Å². The van der Waals surface area contributed by atoms with E-state index >= 15 is 0 Å². The molecule has 0 saturated heterocycles. The Kier molecular flexibility index (Phi) is 2.85. The second-order valence-corrected chi connectivity index (χ2v) is 4.61. The van der Waals surface area contributed by atoms with Gasteiger partial charge in [-0.05, 0) is 18.6 Å². The molecule has 0 unspecified atom stereocenters. The lowest BCUT2D eigenvalue weighted by Gasteiger charge is -1.98. The summed E-state index contributed by atoms with van der Waals surface area (Å²) in [7, 11) is 0. The Morgan fingerprint density at radius 2 is 2.29 bits per heavy atom. The van der Waals surface area contributed by atoms with E-state index in [4.69, 9.17) is 11.6 Å². The Bertz CT molecular complexity index is 436. The predicted octanol–water partition coefficient (Wildman–Crippen LogP) is 3.86. The Labute approximate surface area is 92.4 Å². The summed E-state index contributed by atoms with van der Waals surface area (Å²) in [4.78, 5) is 5.57. The Hall–Kier alpha value is -0.860. The summed E-state index contributed by atoms with van der Waals surface area (Å²) in [6.45, 7) is 2.06. The Balaban J connectivity index is 2.41. The largest absolute Gasteiger partial charge is 0.244 e. The van der Waals surface area contributed by atoms with Gasteiger partial charge in [0.2, 0.25) is 0 Å². The van der Waals surface area contributed by atoms with Crippen LogP contribution in [0.3, 0.4) is 0 Å². The van der Waals surface area contributed by atoms with Crippen molar-refractivity contribution in [2.75, 3.05) is 0 Å². The first-order valence-electron chi connectivity index (χ1n) is 4.37. The molecule has 0 atom stereocenters. The van der Waals surface area contributed by atoms with Gasteiger partial charge >= 0.3 is 0 Å². The van der Waals surface area contributed by atoms with Gasteiger partial charge < -0.3 is 0 Å². The number of rotatable bonds is 2. The van der Waals surface area contributed by atoms with Crippen LogP contribution in [0.4, 0.5) is 0 Å². The standard InChI is InChI=1S/C11H10ClNS/c1-8-7-13-11(14-8)10-4-2-3-9(5-10)6-12/h2-5,7H,6H2,1H3. The fraction of sp³-hybridized carbons (Fsp3) is 0.182. The number of nitrogens with zero attached hydrogens (tertiary/aromatic N) is 1. The van der Waals surface area contributed by atoms with Crippen molar-refractivity contribution in [3.63, 3.8) is 0 Å². The third kappa shape index (κ3) is 1.97. The Morgan fingerprint density at radius 1 is 1.43 bits per heavy atom. The smallest absolute Gasteiger partial charge is 0.123 e. The number of aromatic nitrogens is 1. The minimum absolute atomic E-state index is 0.554. The van der Waals surface area contributed by atoms with Gasteiger partial charge in [-0.2, -0.15) is 0 Å². The van der Waals surface area contributed by atoms with Crippen molar-refractivity contribution < 1.29 is 0 Å². The van der Waals surface area contributed by atoms with Gasteiger partial charge in [0.05, 0.1) is 0 Å². The highest BCUT2D eigenvalue weighted by Crippen LogP contribution is 2.25. The zero-order valence-electron chi connectivity index (χ0n) is 7.83. The number of hydrogen-bond acceptors (Lipinski definition) is 2. The molecule has 1 aromatic heterocycles. The Morgan fingerprint density at radius 3 is 2.93 bits per heavy atom. The maximum Gasteiger partial charge on any atom is 0.123 e. The lowest BCUT2D eigenvalue weighted by atomic mass is 10.1. The lowest BCUT2D eigenvalue weighted by Crippen LogP contribution is -1.79. The molecule has 0 bridgehead atoms. The maximum atomic E-state index is 5.77. The van der Waals surface area contributed by atoms with Gasteiger partial charge in [-0.15, -0.1) is 22.9 Å². The first-order valence-corrected chi connectivity index (χ1v) is 5.72. The fourth-order valence-corrected chi connectivity index (χ4v) is 2.20. The lowest BCUT2D eigenvalue weighted by molar-refractivity contribution is 1.36. The van der Waals surface area contributed by atoms with Crippen LogP contribution in [0.25, 0.3) is 10.6 Å². The normalized spacial score (nSPS) is 10.4. The molecule has 1 aromatic carbocycles. The quantitative estimate of drug-likeness (QED) is 0.705. The molecule has 72 valence electrons. The minimum atomic E-state index is 0.554. The molecule has 3 heteroatoms. The molecular weight excluding hydrogens is 214 g/mol. The van der Waals surface area contributed by atoms with Crippen LogP contribution in [-0.4, -0.2) is 4.98 Å². The van der Waals surface area contributed by atoms with E-state index in [9.17, 15) is 0 Å². The van der Waals surface area contributed by atoms with E-state index in [2.05, 4.69) is 24.0 Å². The second-order valence-electron chi connectivity index (χ2n) is 3.11. The van der Waals surface area contributed by atoms with E-state index in [0.717, 1.165) is 16.1 Å². The van der Waals surface area contributed by atoms with E-state index in [1.165, 1.54) is 4.88 Å². The van der Waals surface area contributed by atoms with E-state index < -0.39 is 0 Å². The zero-order chi connectivity index (χ0) is 9.97. The predicted molar refractivity (Wildman–Crippen MR) is 61.8 cm³/mol. The molecule has 2 rings (SSSR count). The van der Waals surface area contributed by atoms with Crippen molar-refractivity contribution in [1.29, 1.82) is 0 Å². The van der Waals surface area contributed by atoms with E-state index in [1.807, 2.05) is 18.3 Å². The molecule has 1 heterocycles. The van der Waals surface area contributed by atoms with Gasteiger partial charge in [0.15, 0.2) is 0 Å². The van der Waals surface area contributed by atoms with Crippen LogP contribution in [0.15, 0.2) is 30.5 Å². The number of benzene rings is 1. The monoisotopic (exact) mass is 223 g/mol.